The van der Waals surface area contributed by atoms with Crippen molar-refractivity contribution < 1.29 is 9.53 Å². The SMILES string of the molecule is CC1(C)OCc2ccccc2C1=O. The van der Waals surface area contributed by atoms with Crippen LogP contribution in [0.25, 0.3) is 0 Å². The number of Topliss-reactive ketones (excluding diaryl/α,β-unsaturated/α-hetero) is 1. The van der Waals surface area contributed by atoms with Gasteiger partial charge in [0.2, 0.25) is 0 Å². The van der Waals surface area contributed by atoms with Crippen LogP contribution in [0.3, 0.4) is 0 Å². The van der Waals surface area contributed by atoms with E-state index in [2.05, 4.69) is 0 Å². The Kier molecular flexibility index (Phi) is 1.74. The maximum atomic E-state index is 11.8. The van der Waals surface area contributed by atoms with Gasteiger partial charge in [0, 0.05) is 5.56 Å². The average Bonchev–Trinajstić information content (AvgIpc) is 2.13. The van der Waals surface area contributed by atoms with Crippen molar-refractivity contribution >= 4 is 5.78 Å². The van der Waals surface area contributed by atoms with Crippen molar-refractivity contribution in [2.24, 2.45) is 0 Å². The van der Waals surface area contributed by atoms with E-state index in [4.69, 9.17) is 4.74 Å². The predicted octanol–water partition coefficient (Wildman–Crippen LogP) is 2.18. The topological polar surface area (TPSA) is 26.3 Å². The molecule has 0 saturated carbocycles. The molecule has 1 aliphatic rings. The molecule has 2 nitrogen and oxygen atoms in total. The van der Waals surface area contributed by atoms with E-state index in [1.54, 1.807) is 0 Å². The summed E-state index contributed by atoms with van der Waals surface area (Å²) < 4.78 is 5.45. The number of hydrogen-bond donors (Lipinski definition) is 0. The standard InChI is InChI=1S/C11H12O2/c1-11(2)10(12)9-6-4-3-5-8(9)7-13-11/h3-6H,7H2,1-2H3. The van der Waals surface area contributed by atoms with E-state index in [0.29, 0.717) is 6.61 Å². The summed E-state index contributed by atoms with van der Waals surface area (Å²) >= 11 is 0. The zero-order valence-electron chi connectivity index (χ0n) is 7.83. The molecule has 1 aliphatic heterocycles. The van der Waals surface area contributed by atoms with Gasteiger partial charge in [0.15, 0.2) is 5.78 Å². The van der Waals surface area contributed by atoms with Crippen molar-refractivity contribution in [1.29, 1.82) is 0 Å². The molecular formula is C11H12O2. The molecule has 0 radical (unpaired) electrons. The highest BCUT2D eigenvalue weighted by Crippen LogP contribution is 2.27. The van der Waals surface area contributed by atoms with Crippen molar-refractivity contribution in [3.05, 3.63) is 35.4 Å². The van der Waals surface area contributed by atoms with Crippen LogP contribution in [0.1, 0.15) is 29.8 Å². The van der Waals surface area contributed by atoms with Crippen LogP contribution in [0.2, 0.25) is 0 Å². The molecule has 0 N–H and O–H groups in total. The fourth-order valence-electron chi connectivity index (χ4n) is 1.52. The molecule has 2 rings (SSSR count). The highest BCUT2D eigenvalue weighted by Gasteiger charge is 2.34. The summed E-state index contributed by atoms with van der Waals surface area (Å²) in [5, 5.41) is 0. The zero-order valence-corrected chi connectivity index (χ0v) is 7.83. The first-order valence-corrected chi connectivity index (χ1v) is 4.38. The lowest BCUT2D eigenvalue weighted by Crippen LogP contribution is -2.39. The highest BCUT2D eigenvalue weighted by molar-refractivity contribution is 6.03. The zero-order chi connectivity index (χ0) is 9.47. The molecule has 1 heterocycles. The van der Waals surface area contributed by atoms with Crippen LogP contribution in [0, 0.1) is 0 Å². The molecule has 0 amide bonds. The van der Waals surface area contributed by atoms with Crippen LogP contribution in [0.5, 0.6) is 0 Å². The van der Waals surface area contributed by atoms with E-state index in [9.17, 15) is 4.79 Å². The molecule has 68 valence electrons. The summed E-state index contributed by atoms with van der Waals surface area (Å²) in [6.07, 6.45) is 0. The summed E-state index contributed by atoms with van der Waals surface area (Å²) in [6, 6.07) is 7.61. The third-order valence-electron chi connectivity index (χ3n) is 2.40. The second kappa shape index (κ2) is 2.67. The van der Waals surface area contributed by atoms with Gasteiger partial charge in [-0.25, -0.2) is 0 Å². The van der Waals surface area contributed by atoms with E-state index in [1.807, 2.05) is 38.1 Å². The number of fused-ring (bicyclic) bond motifs is 1. The Balaban J connectivity index is 2.52. The van der Waals surface area contributed by atoms with E-state index in [0.717, 1.165) is 11.1 Å². The summed E-state index contributed by atoms with van der Waals surface area (Å²) in [5.74, 6) is 0.0781. The van der Waals surface area contributed by atoms with Gasteiger partial charge in [0.05, 0.1) is 6.61 Å². The van der Waals surface area contributed by atoms with Gasteiger partial charge >= 0.3 is 0 Å². The normalized spacial score (nSPS) is 19.7. The van der Waals surface area contributed by atoms with Crippen molar-refractivity contribution in [3.8, 4) is 0 Å². The minimum Gasteiger partial charge on any atom is -0.363 e. The minimum atomic E-state index is -0.658. The van der Waals surface area contributed by atoms with E-state index in [1.165, 1.54) is 0 Å². The van der Waals surface area contributed by atoms with Crippen molar-refractivity contribution in [2.45, 2.75) is 26.1 Å². The summed E-state index contributed by atoms with van der Waals surface area (Å²) in [5.41, 5.74) is 1.14. The molecule has 0 fully saturated rings. The van der Waals surface area contributed by atoms with Crippen LogP contribution in [-0.4, -0.2) is 11.4 Å². The molecule has 0 atom stereocenters. The average molecular weight is 176 g/mol. The summed E-state index contributed by atoms with van der Waals surface area (Å²) in [4.78, 5) is 11.8. The van der Waals surface area contributed by atoms with Crippen molar-refractivity contribution in [2.75, 3.05) is 0 Å². The third-order valence-corrected chi connectivity index (χ3v) is 2.40. The number of rotatable bonds is 0. The van der Waals surface area contributed by atoms with E-state index >= 15 is 0 Å². The van der Waals surface area contributed by atoms with Gasteiger partial charge in [-0.3, -0.25) is 4.79 Å². The lowest BCUT2D eigenvalue weighted by atomic mass is 9.90. The number of ether oxygens (including phenoxy) is 1. The van der Waals surface area contributed by atoms with Crippen molar-refractivity contribution in [1.82, 2.24) is 0 Å². The molecule has 0 aromatic heterocycles. The Morgan fingerprint density at radius 2 is 2.00 bits per heavy atom. The molecule has 0 bridgehead atoms. The minimum absolute atomic E-state index is 0.0781. The van der Waals surface area contributed by atoms with E-state index < -0.39 is 5.60 Å². The first-order chi connectivity index (χ1) is 6.11. The molecule has 1 aromatic rings. The second-order valence-electron chi connectivity index (χ2n) is 3.79. The molecule has 0 spiro atoms. The monoisotopic (exact) mass is 176 g/mol. The highest BCUT2D eigenvalue weighted by atomic mass is 16.5. The fourth-order valence-corrected chi connectivity index (χ4v) is 1.52. The lowest BCUT2D eigenvalue weighted by Gasteiger charge is -2.29. The second-order valence-corrected chi connectivity index (χ2v) is 3.79. The van der Waals surface area contributed by atoms with Crippen LogP contribution in [0.15, 0.2) is 24.3 Å². The lowest BCUT2D eigenvalue weighted by molar-refractivity contribution is -0.0210. The smallest absolute Gasteiger partial charge is 0.194 e. The van der Waals surface area contributed by atoms with Gasteiger partial charge in [-0.05, 0) is 19.4 Å². The Labute approximate surface area is 77.5 Å². The number of hydrogen-bond acceptors (Lipinski definition) is 2. The Hall–Kier alpha value is -1.15. The fraction of sp³-hybridized carbons (Fsp3) is 0.364. The molecule has 0 unspecified atom stereocenters. The number of carbonyl (C=O) groups is 1. The van der Waals surface area contributed by atoms with Crippen LogP contribution < -0.4 is 0 Å². The number of carbonyl (C=O) groups excluding carboxylic acids is 1. The van der Waals surface area contributed by atoms with Gasteiger partial charge in [-0.2, -0.15) is 0 Å². The van der Waals surface area contributed by atoms with Gasteiger partial charge in [0.25, 0.3) is 0 Å². The van der Waals surface area contributed by atoms with Crippen LogP contribution in [-0.2, 0) is 11.3 Å². The van der Waals surface area contributed by atoms with Crippen molar-refractivity contribution in [3.63, 3.8) is 0 Å². The van der Waals surface area contributed by atoms with Gasteiger partial charge in [-0.15, -0.1) is 0 Å². The van der Waals surface area contributed by atoms with Crippen LogP contribution >= 0.6 is 0 Å². The maximum Gasteiger partial charge on any atom is 0.194 e. The number of ketones is 1. The Morgan fingerprint density at radius 3 is 2.77 bits per heavy atom. The van der Waals surface area contributed by atoms with Gasteiger partial charge in [0.1, 0.15) is 5.60 Å². The summed E-state index contributed by atoms with van der Waals surface area (Å²) in [6.45, 7) is 4.16. The van der Waals surface area contributed by atoms with Gasteiger partial charge in [-0.1, -0.05) is 24.3 Å². The van der Waals surface area contributed by atoms with Crippen LogP contribution in [0.4, 0.5) is 0 Å². The molecule has 0 aliphatic carbocycles. The van der Waals surface area contributed by atoms with E-state index in [-0.39, 0.29) is 5.78 Å². The quantitative estimate of drug-likeness (QED) is 0.605. The summed E-state index contributed by atoms with van der Waals surface area (Å²) in [7, 11) is 0. The number of benzene rings is 1. The third kappa shape index (κ3) is 1.27. The first-order valence-electron chi connectivity index (χ1n) is 4.38. The predicted molar refractivity (Wildman–Crippen MR) is 49.6 cm³/mol. The molecule has 0 saturated heterocycles. The largest absolute Gasteiger partial charge is 0.363 e. The van der Waals surface area contributed by atoms with Gasteiger partial charge < -0.3 is 4.74 Å². The Bertz CT molecular complexity index is 353. The molecule has 1 aromatic carbocycles. The molecule has 2 heteroatoms. The molecular weight excluding hydrogens is 164 g/mol. The maximum absolute atomic E-state index is 11.8. The Morgan fingerprint density at radius 1 is 1.31 bits per heavy atom. The molecule has 13 heavy (non-hydrogen) atoms. The first kappa shape index (κ1) is 8.45.